The number of benzene rings is 1. The maximum Gasteiger partial charge on any atom is 0.0568 e. The first kappa shape index (κ1) is 14.0. The summed E-state index contributed by atoms with van der Waals surface area (Å²) in [5.74, 6) is 0. The minimum absolute atomic E-state index is 0.0546. The molecule has 2 nitrogen and oxygen atoms in total. The number of hydrogen-bond acceptors (Lipinski definition) is 3. The minimum atomic E-state index is 0.0546. The van der Waals surface area contributed by atoms with E-state index >= 15 is 0 Å². The lowest BCUT2D eigenvalue weighted by atomic mass is 10.1. The van der Waals surface area contributed by atoms with Gasteiger partial charge < -0.3 is 10.8 Å². The van der Waals surface area contributed by atoms with Crippen molar-refractivity contribution in [2.24, 2.45) is 5.73 Å². The van der Waals surface area contributed by atoms with E-state index in [4.69, 9.17) is 5.73 Å². The van der Waals surface area contributed by atoms with Crippen LogP contribution in [0.3, 0.4) is 0 Å². The van der Waals surface area contributed by atoms with Crippen LogP contribution in [0.15, 0.2) is 33.6 Å². The molecule has 90 valence electrons. The Labute approximate surface area is 110 Å². The third-order valence-corrected chi connectivity index (χ3v) is 4.18. The summed E-state index contributed by atoms with van der Waals surface area (Å²) in [4.78, 5) is 1.14. The molecule has 1 aromatic rings. The molecule has 0 bridgehead atoms. The van der Waals surface area contributed by atoms with Gasteiger partial charge in [0.15, 0.2) is 0 Å². The van der Waals surface area contributed by atoms with Gasteiger partial charge in [-0.05, 0) is 24.6 Å². The second kappa shape index (κ2) is 7.33. The first-order chi connectivity index (χ1) is 7.67. The number of rotatable bonds is 6. The van der Waals surface area contributed by atoms with Gasteiger partial charge >= 0.3 is 0 Å². The van der Waals surface area contributed by atoms with Gasteiger partial charge in [0.1, 0.15) is 0 Å². The molecule has 0 heterocycles. The molecule has 4 heteroatoms. The van der Waals surface area contributed by atoms with Gasteiger partial charge in [0, 0.05) is 20.7 Å². The highest BCUT2D eigenvalue weighted by Gasteiger charge is 2.17. The van der Waals surface area contributed by atoms with E-state index in [1.165, 1.54) is 0 Å². The highest BCUT2D eigenvalue weighted by molar-refractivity contribution is 9.10. The number of thioether (sulfide) groups is 1. The molecule has 16 heavy (non-hydrogen) atoms. The minimum Gasteiger partial charge on any atom is -0.395 e. The van der Waals surface area contributed by atoms with Crippen molar-refractivity contribution in [1.82, 2.24) is 0 Å². The van der Waals surface area contributed by atoms with E-state index in [1.54, 1.807) is 11.8 Å². The van der Waals surface area contributed by atoms with Gasteiger partial charge in [-0.1, -0.05) is 35.3 Å². The zero-order valence-electron chi connectivity index (χ0n) is 9.40. The van der Waals surface area contributed by atoms with E-state index in [1.807, 2.05) is 24.3 Å². The molecule has 0 aliphatic rings. The number of nitrogens with two attached hydrogens (primary N) is 1. The Morgan fingerprint density at radius 3 is 2.81 bits per heavy atom. The Balaban J connectivity index is 2.62. The molecule has 0 fully saturated rings. The zero-order chi connectivity index (χ0) is 12.0. The van der Waals surface area contributed by atoms with E-state index < -0.39 is 0 Å². The lowest BCUT2D eigenvalue weighted by Gasteiger charge is -2.21. The smallest absolute Gasteiger partial charge is 0.0568 e. The molecule has 0 aliphatic carbocycles. The molecule has 1 aromatic carbocycles. The molecule has 0 amide bonds. The van der Waals surface area contributed by atoms with Gasteiger partial charge in [-0.15, -0.1) is 11.8 Å². The van der Waals surface area contributed by atoms with Crippen molar-refractivity contribution in [1.29, 1.82) is 0 Å². The molecule has 0 radical (unpaired) electrons. The highest BCUT2D eigenvalue weighted by atomic mass is 79.9. The summed E-state index contributed by atoms with van der Waals surface area (Å²) in [7, 11) is 0. The van der Waals surface area contributed by atoms with Crippen molar-refractivity contribution in [3.05, 3.63) is 28.7 Å². The van der Waals surface area contributed by atoms with Crippen LogP contribution in [0.25, 0.3) is 0 Å². The van der Waals surface area contributed by atoms with Crippen LogP contribution in [0.1, 0.15) is 19.8 Å². The summed E-state index contributed by atoms with van der Waals surface area (Å²) in [5, 5.41) is 9.42. The third kappa shape index (κ3) is 4.45. The Morgan fingerprint density at radius 2 is 2.25 bits per heavy atom. The lowest BCUT2D eigenvalue weighted by Crippen LogP contribution is -2.34. The molecular formula is C12H18BrNOS. The van der Waals surface area contributed by atoms with Gasteiger partial charge in [-0.2, -0.15) is 0 Å². The fraction of sp³-hybridized carbons (Fsp3) is 0.500. The van der Waals surface area contributed by atoms with Gasteiger partial charge in [-0.25, -0.2) is 0 Å². The largest absolute Gasteiger partial charge is 0.395 e. The second-order valence-electron chi connectivity index (χ2n) is 3.75. The molecule has 0 spiro atoms. The van der Waals surface area contributed by atoms with Crippen LogP contribution in [-0.2, 0) is 0 Å². The number of halogens is 1. The highest BCUT2D eigenvalue weighted by Crippen LogP contribution is 2.28. The lowest BCUT2D eigenvalue weighted by molar-refractivity contribution is 0.279. The summed E-state index contributed by atoms with van der Waals surface area (Å²) >= 11 is 5.08. The molecule has 1 rings (SSSR count). The fourth-order valence-corrected chi connectivity index (χ4v) is 3.13. The van der Waals surface area contributed by atoms with Crippen LogP contribution in [0.5, 0.6) is 0 Å². The second-order valence-corrected chi connectivity index (χ2v) is 5.98. The van der Waals surface area contributed by atoms with E-state index in [0.717, 1.165) is 22.2 Å². The Bertz CT molecular complexity index is 322. The summed E-state index contributed by atoms with van der Waals surface area (Å²) < 4.78 is 1.05. The molecular weight excluding hydrogens is 286 g/mol. The topological polar surface area (TPSA) is 46.2 Å². The maximum absolute atomic E-state index is 9.34. The van der Waals surface area contributed by atoms with Crippen LogP contribution in [0.4, 0.5) is 0 Å². The summed E-state index contributed by atoms with van der Waals surface area (Å²) in [6.07, 6.45) is 2.00. The summed E-state index contributed by atoms with van der Waals surface area (Å²) in [6, 6.07) is 8.12. The predicted octanol–water partition coefficient (Wildman–Crippen LogP) is 3.03. The molecule has 0 aromatic heterocycles. The van der Waals surface area contributed by atoms with Crippen molar-refractivity contribution < 1.29 is 5.11 Å². The summed E-state index contributed by atoms with van der Waals surface area (Å²) in [6.45, 7) is 2.23. The first-order valence-electron chi connectivity index (χ1n) is 5.46. The number of hydrogen-bond donors (Lipinski definition) is 2. The average molecular weight is 304 g/mol. The van der Waals surface area contributed by atoms with Crippen molar-refractivity contribution in [2.45, 2.75) is 36.0 Å². The quantitative estimate of drug-likeness (QED) is 0.794. The van der Waals surface area contributed by atoms with Crippen molar-refractivity contribution in [3.63, 3.8) is 0 Å². The van der Waals surface area contributed by atoms with Gasteiger partial charge in [-0.3, -0.25) is 0 Å². The molecule has 0 saturated carbocycles. The number of aliphatic hydroxyl groups is 1. The van der Waals surface area contributed by atoms with E-state index in [-0.39, 0.29) is 17.9 Å². The van der Waals surface area contributed by atoms with Gasteiger partial charge in [0.25, 0.3) is 0 Å². The average Bonchev–Trinajstić information content (AvgIpc) is 2.26. The van der Waals surface area contributed by atoms with Crippen LogP contribution in [0, 0.1) is 0 Å². The van der Waals surface area contributed by atoms with E-state index in [0.29, 0.717) is 0 Å². The SMILES string of the molecule is CCCC(N)C(CO)Sc1cccc(Br)c1. The zero-order valence-corrected chi connectivity index (χ0v) is 11.8. The molecule has 0 saturated heterocycles. The molecule has 2 atom stereocenters. The normalized spacial score (nSPS) is 14.8. The van der Waals surface area contributed by atoms with Gasteiger partial charge in [0.2, 0.25) is 0 Å². The standard InChI is InChI=1S/C12H18BrNOS/c1-2-4-11(14)12(8-15)16-10-6-3-5-9(13)7-10/h3,5-7,11-12,15H,2,4,8,14H2,1H3. The fourth-order valence-electron chi connectivity index (χ4n) is 1.49. The Kier molecular flexibility index (Phi) is 6.43. The van der Waals surface area contributed by atoms with E-state index in [9.17, 15) is 5.11 Å². The molecule has 0 aliphatic heterocycles. The van der Waals surface area contributed by atoms with Crippen molar-refractivity contribution >= 4 is 27.7 Å². The number of aliphatic hydroxyl groups excluding tert-OH is 1. The Morgan fingerprint density at radius 1 is 1.50 bits per heavy atom. The first-order valence-corrected chi connectivity index (χ1v) is 7.13. The van der Waals surface area contributed by atoms with Crippen molar-refractivity contribution in [2.75, 3.05) is 6.61 Å². The van der Waals surface area contributed by atoms with E-state index in [2.05, 4.69) is 22.9 Å². The monoisotopic (exact) mass is 303 g/mol. The van der Waals surface area contributed by atoms with Crippen LogP contribution in [0.2, 0.25) is 0 Å². The molecule has 2 unspecified atom stereocenters. The summed E-state index contributed by atoms with van der Waals surface area (Å²) in [5.41, 5.74) is 6.03. The van der Waals surface area contributed by atoms with Crippen LogP contribution >= 0.6 is 27.7 Å². The van der Waals surface area contributed by atoms with Crippen LogP contribution < -0.4 is 5.73 Å². The Hall–Kier alpha value is -0.0300. The third-order valence-electron chi connectivity index (χ3n) is 2.36. The van der Waals surface area contributed by atoms with Crippen molar-refractivity contribution in [3.8, 4) is 0 Å². The maximum atomic E-state index is 9.34. The predicted molar refractivity (Wildman–Crippen MR) is 73.8 cm³/mol. The van der Waals surface area contributed by atoms with Gasteiger partial charge in [0.05, 0.1) is 6.61 Å². The van der Waals surface area contributed by atoms with Crippen LogP contribution in [-0.4, -0.2) is 23.0 Å². The molecule has 3 N–H and O–H groups in total.